The lowest BCUT2D eigenvalue weighted by Crippen LogP contribution is -2.58. The number of hydrogen-bond acceptors (Lipinski definition) is 4. The molecule has 0 bridgehead atoms. The Bertz CT molecular complexity index is 732. The summed E-state index contributed by atoms with van der Waals surface area (Å²) in [5.41, 5.74) is -0.960. The van der Waals surface area contributed by atoms with Gasteiger partial charge in [0.05, 0.1) is 0 Å². The Morgan fingerprint density at radius 3 is 2.72 bits per heavy atom. The van der Waals surface area contributed by atoms with Gasteiger partial charge in [0.2, 0.25) is 0 Å². The van der Waals surface area contributed by atoms with Crippen molar-refractivity contribution in [3.63, 3.8) is 0 Å². The molecule has 1 N–H and O–H groups in total. The molecular formula is C17H19F3N2O3. The molecule has 1 heterocycles. The zero-order valence-electron chi connectivity index (χ0n) is 13.9. The number of amides is 1. The summed E-state index contributed by atoms with van der Waals surface area (Å²) in [6.07, 6.45) is -4.05. The summed E-state index contributed by atoms with van der Waals surface area (Å²) in [5.74, 6) is -0.630. The summed E-state index contributed by atoms with van der Waals surface area (Å²) in [4.78, 5) is 12.4. The number of hydrogen-bond donors (Lipinski definition) is 1. The number of benzene rings is 1. The van der Waals surface area contributed by atoms with Gasteiger partial charge in [0.1, 0.15) is 5.75 Å². The predicted octanol–water partition coefficient (Wildman–Crippen LogP) is 2.80. The highest BCUT2D eigenvalue weighted by molar-refractivity contribution is 5.90. The summed E-state index contributed by atoms with van der Waals surface area (Å²) in [6.45, 7) is 2.67. The Hall–Kier alpha value is -2.09. The molecule has 0 aromatic heterocycles. The first kappa shape index (κ1) is 17.7. The summed E-state index contributed by atoms with van der Waals surface area (Å²) in [5, 5.41) is 13.7. The molecule has 1 amide bonds. The van der Waals surface area contributed by atoms with Crippen LogP contribution in [0.5, 0.6) is 5.75 Å². The van der Waals surface area contributed by atoms with Gasteiger partial charge in [-0.15, -0.1) is 0 Å². The minimum Gasteiger partial charge on any atom is -0.481 e. The second kappa shape index (κ2) is 6.01. The molecule has 136 valence electrons. The molecule has 5 nitrogen and oxygen atoms in total. The molecule has 25 heavy (non-hydrogen) atoms. The first-order valence-electron chi connectivity index (χ1n) is 8.07. The number of nitrogens with zero attached hydrogens (tertiary/aromatic N) is 2. The molecule has 2 aliphatic rings. The Balaban J connectivity index is 1.77. The average Bonchev–Trinajstić information content (AvgIpc) is 3.09. The van der Waals surface area contributed by atoms with Crippen molar-refractivity contribution < 1.29 is 27.8 Å². The maximum Gasteiger partial charge on any atom is 0.438 e. The minimum absolute atomic E-state index is 0.0258. The van der Waals surface area contributed by atoms with Crippen LogP contribution in [0, 0.1) is 0 Å². The van der Waals surface area contributed by atoms with Crippen LogP contribution in [-0.4, -0.2) is 39.7 Å². The van der Waals surface area contributed by atoms with Crippen LogP contribution >= 0.6 is 0 Å². The van der Waals surface area contributed by atoms with E-state index >= 15 is 0 Å². The number of carbonyl (C=O) groups excluding carboxylic acids is 1. The van der Waals surface area contributed by atoms with Crippen molar-refractivity contribution in [3.8, 4) is 5.75 Å². The highest BCUT2D eigenvalue weighted by atomic mass is 19.4. The number of ether oxygens (including phenoxy) is 1. The fourth-order valence-electron chi connectivity index (χ4n) is 3.22. The van der Waals surface area contributed by atoms with Gasteiger partial charge in [-0.25, -0.2) is 0 Å². The molecule has 0 unspecified atom stereocenters. The van der Waals surface area contributed by atoms with Crippen LogP contribution < -0.4 is 4.74 Å². The van der Waals surface area contributed by atoms with E-state index in [1.165, 1.54) is 19.4 Å². The quantitative estimate of drug-likeness (QED) is 0.906. The van der Waals surface area contributed by atoms with Crippen molar-refractivity contribution in [2.75, 3.05) is 0 Å². The van der Waals surface area contributed by atoms with Gasteiger partial charge in [-0.05, 0) is 56.4 Å². The highest BCUT2D eigenvalue weighted by Crippen LogP contribution is 2.40. The van der Waals surface area contributed by atoms with Crippen LogP contribution in [-0.2, 0) is 17.6 Å². The van der Waals surface area contributed by atoms with E-state index in [-0.39, 0.29) is 10.7 Å². The van der Waals surface area contributed by atoms with E-state index in [1.54, 1.807) is 12.1 Å². The summed E-state index contributed by atoms with van der Waals surface area (Å²) in [6, 6.07) is 5.40. The molecule has 0 fully saturated rings. The summed E-state index contributed by atoms with van der Waals surface area (Å²) < 4.78 is 45.1. The van der Waals surface area contributed by atoms with Gasteiger partial charge in [-0.2, -0.15) is 23.3 Å². The average molecular weight is 356 g/mol. The Morgan fingerprint density at radius 2 is 2.04 bits per heavy atom. The third-order valence-corrected chi connectivity index (χ3v) is 4.52. The van der Waals surface area contributed by atoms with Crippen molar-refractivity contribution in [2.45, 2.75) is 57.5 Å². The predicted molar refractivity (Wildman–Crippen MR) is 84.1 cm³/mol. The van der Waals surface area contributed by atoms with Gasteiger partial charge in [-0.3, -0.25) is 4.79 Å². The van der Waals surface area contributed by atoms with E-state index in [0.717, 1.165) is 24.8 Å². The Labute approximate surface area is 143 Å². The van der Waals surface area contributed by atoms with E-state index in [0.29, 0.717) is 5.75 Å². The fraction of sp³-hybridized carbons (Fsp3) is 0.529. The molecule has 0 saturated carbocycles. The maximum absolute atomic E-state index is 13.2. The molecule has 1 aliphatic heterocycles. The zero-order valence-corrected chi connectivity index (χ0v) is 13.9. The SMILES string of the molecule is CC1=NN(C(=O)[C@@H](C)Oc2ccc3c(c2)CCC3)[C@](O)(C(F)(F)F)C1. The number of alkyl halides is 3. The van der Waals surface area contributed by atoms with E-state index in [1.807, 2.05) is 6.07 Å². The van der Waals surface area contributed by atoms with Gasteiger partial charge in [0.25, 0.3) is 11.6 Å². The minimum atomic E-state index is -5.02. The third kappa shape index (κ3) is 3.10. The number of hydrazone groups is 1. The number of halogens is 3. The zero-order chi connectivity index (χ0) is 18.4. The number of rotatable bonds is 3. The van der Waals surface area contributed by atoms with Crippen molar-refractivity contribution in [1.82, 2.24) is 5.01 Å². The summed E-state index contributed by atoms with van der Waals surface area (Å²) in [7, 11) is 0. The second-order valence-electron chi connectivity index (χ2n) is 6.52. The van der Waals surface area contributed by atoms with Crippen LogP contribution in [0.3, 0.4) is 0 Å². The first-order chi connectivity index (χ1) is 11.6. The summed E-state index contributed by atoms with van der Waals surface area (Å²) >= 11 is 0. The Morgan fingerprint density at radius 1 is 1.36 bits per heavy atom. The smallest absolute Gasteiger partial charge is 0.438 e. The van der Waals surface area contributed by atoms with Crippen LogP contribution in [0.15, 0.2) is 23.3 Å². The number of carbonyl (C=O) groups is 1. The van der Waals surface area contributed by atoms with E-state index in [9.17, 15) is 23.1 Å². The van der Waals surface area contributed by atoms with Crippen LogP contribution in [0.2, 0.25) is 0 Å². The standard InChI is InChI=1S/C17H19F3N2O3/c1-10-9-16(24,17(18,19)20)22(21-10)15(23)11(2)25-14-7-6-12-4-3-5-13(12)8-14/h6-8,11,24H,3-5,9H2,1-2H3/t11-,16-/m1/s1. The lowest BCUT2D eigenvalue weighted by Gasteiger charge is -2.33. The van der Waals surface area contributed by atoms with E-state index < -0.39 is 30.3 Å². The maximum atomic E-state index is 13.2. The van der Waals surface area contributed by atoms with Crippen molar-refractivity contribution >= 4 is 11.6 Å². The van der Waals surface area contributed by atoms with Crippen LogP contribution in [0.1, 0.15) is 37.8 Å². The van der Waals surface area contributed by atoms with Crippen LogP contribution in [0.25, 0.3) is 0 Å². The molecule has 1 aromatic carbocycles. The largest absolute Gasteiger partial charge is 0.481 e. The second-order valence-corrected chi connectivity index (χ2v) is 6.52. The van der Waals surface area contributed by atoms with Crippen molar-refractivity contribution in [3.05, 3.63) is 29.3 Å². The molecule has 2 atom stereocenters. The van der Waals surface area contributed by atoms with Gasteiger partial charge in [0, 0.05) is 12.1 Å². The number of fused-ring (bicyclic) bond motifs is 1. The molecule has 0 spiro atoms. The molecule has 0 saturated heterocycles. The number of aliphatic hydroxyl groups is 1. The molecular weight excluding hydrogens is 337 g/mol. The van der Waals surface area contributed by atoms with Crippen molar-refractivity contribution in [1.29, 1.82) is 0 Å². The van der Waals surface area contributed by atoms with E-state index in [2.05, 4.69) is 5.10 Å². The molecule has 8 heteroatoms. The lowest BCUT2D eigenvalue weighted by molar-refractivity contribution is -0.303. The molecule has 1 aliphatic carbocycles. The molecule has 0 radical (unpaired) electrons. The first-order valence-corrected chi connectivity index (χ1v) is 8.07. The number of aryl methyl sites for hydroxylation is 2. The monoisotopic (exact) mass is 356 g/mol. The third-order valence-electron chi connectivity index (χ3n) is 4.52. The highest BCUT2D eigenvalue weighted by Gasteiger charge is 2.63. The fourth-order valence-corrected chi connectivity index (χ4v) is 3.22. The topological polar surface area (TPSA) is 62.1 Å². The van der Waals surface area contributed by atoms with Crippen LogP contribution in [0.4, 0.5) is 13.2 Å². The van der Waals surface area contributed by atoms with E-state index in [4.69, 9.17) is 4.74 Å². The lowest BCUT2D eigenvalue weighted by atomic mass is 10.1. The van der Waals surface area contributed by atoms with Crippen molar-refractivity contribution in [2.24, 2.45) is 5.10 Å². The van der Waals surface area contributed by atoms with Gasteiger partial charge in [-0.1, -0.05) is 6.07 Å². The molecule has 3 rings (SSSR count). The molecule has 1 aromatic rings. The Kier molecular flexibility index (Phi) is 4.26. The van der Waals surface area contributed by atoms with Gasteiger partial charge in [0.15, 0.2) is 6.10 Å². The van der Waals surface area contributed by atoms with Gasteiger partial charge >= 0.3 is 6.18 Å². The van der Waals surface area contributed by atoms with Gasteiger partial charge < -0.3 is 9.84 Å². The normalized spacial score (nSPS) is 24.1.